The molecular formula is C10H6ClNO2. The number of aldehydes is 1. The number of carbonyl (C=O) groups excluding carboxylic acids is 2. The normalized spacial score (nSPS) is 9.21. The summed E-state index contributed by atoms with van der Waals surface area (Å²) in [5.41, 5.74) is 0.336. The van der Waals surface area contributed by atoms with E-state index >= 15 is 0 Å². The highest BCUT2D eigenvalue weighted by Crippen LogP contribution is 2.22. The number of ketones is 1. The van der Waals surface area contributed by atoms with Crippen LogP contribution in [-0.4, -0.2) is 12.1 Å². The minimum absolute atomic E-state index is 0.0625. The van der Waals surface area contributed by atoms with Crippen molar-refractivity contribution in [2.24, 2.45) is 0 Å². The van der Waals surface area contributed by atoms with Crippen LogP contribution in [0.1, 0.15) is 33.2 Å². The Morgan fingerprint density at radius 2 is 2.21 bits per heavy atom. The molecule has 0 bridgehead atoms. The van der Waals surface area contributed by atoms with Gasteiger partial charge in [0.2, 0.25) is 0 Å². The lowest BCUT2D eigenvalue weighted by molar-refractivity contribution is 0.101. The van der Waals surface area contributed by atoms with Gasteiger partial charge in [-0.2, -0.15) is 5.26 Å². The smallest absolute Gasteiger partial charge is 0.162 e. The van der Waals surface area contributed by atoms with Gasteiger partial charge in [0, 0.05) is 11.1 Å². The van der Waals surface area contributed by atoms with Crippen LogP contribution in [0.15, 0.2) is 12.1 Å². The highest BCUT2D eigenvalue weighted by atomic mass is 35.5. The average Bonchev–Trinajstić information content (AvgIpc) is 2.16. The highest BCUT2D eigenvalue weighted by Gasteiger charge is 2.14. The molecule has 1 rings (SSSR count). The van der Waals surface area contributed by atoms with Gasteiger partial charge in [0.15, 0.2) is 12.1 Å². The van der Waals surface area contributed by atoms with E-state index in [9.17, 15) is 9.59 Å². The average molecular weight is 208 g/mol. The first-order valence-corrected chi connectivity index (χ1v) is 4.18. The Kier molecular flexibility index (Phi) is 3.00. The molecule has 1 aromatic carbocycles. The van der Waals surface area contributed by atoms with E-state index in [2.05, 4.69) is 0 Å². The van der Waals surface area contributed by atoms with E-state index in [-0.39, 0.29) is 27.5 Å². The monoisotopic (exact) mass is 207 g/mol. The Labute approximate surface area is 85.9 Å². The molecule has 3 nitrogen and oxygen atoms in total. The maximum atomic E-state index is 11.2. The fourth-order valence-electron chi connectivity index (χ4n) is 1.17. The number of nitriles is 1. The molecule has 0 atom stereocenters. The van der Waals surface area contributed by atoms with Crippen LogP contribution in [0.4, 0.5) is 0 Å². The van der Waals surface area contributed by atoms with Crippen molar-refractivity contribution in [1.29, 1.82) is 5.26 Å². The molecule has 0 heterocycles. The largest absolute Gasteiger partial charge is 0.298 e. The lowest BCUT2D eigenvalue weighted by Gasteiger charge is -2.04. The van der Waals surface area contributed by atoms with Crippen LogP contribution < -0.4 is 0 Å². The molecule has 0 saturated heterocycles. The lowest BCUT2D eigenvalue weighted by Crippen LogP contribution is -2.02. The SMILES string of the molecule is CC(=O)c1c(Cl)ccc(C#N)c1C=O. The molecule has 0 aliphatic carbocycles. The second-order valence-electron chi connectivity index (χ2n) is 2.67. The molecule has 1 aromatic rings. The quantitative estimate of drug-likeness (QED) is 0.552. The molecule has 70 valence electrons. The maximum absolute atomic E-state index is 11.2. The van der Waals surface area contributed by atoms with Crippen LogP contribution >= 0.6 is 11.6 Å². The number of hydrogen-bond acceptors (Lipinski definition) is 3. The van der Waals surface area contributed by atoms with Gasteiger partial charge in [-0.25, -0.2) is 0 Å². The Morgan fingerprint density at radius 3 is 2.64 bits per heavy atom. The summed E-state index contributed by atoms with van der Waals surface area (Å²) < 4.78 is 0. The Bertz CT molecular complexity index is 446. The number of halogens is 1. The molecule has 0 unspecified atom stereocenters. The second kappa shape index (κ2) is 4.03. The number of benzene rings is 1. The zero-order chi connectivity index (χ0) is 10.7. The van der Waals surface area contributed by atoms with Crippen molar-refractivity contribution in [2.75, 3.05) is 0 Å². The third-order valence-corrected chi connectivity index (χ3v) is 2.10. The number of hydrogen-bond donors (Lipinski definition) is 0. The van der Waals surface area contributed by atoms with Crippen molar-refractivity contribution >= 4 is 23.7 Å². The summed E-state index contributed by atoms with van der Waals surface area (Å²) in [6.07, 6.45) is 0.473. The molecule has 4 heteroatoms. The van der Waals surface area contributed by atoms with Gasteiger partial charge in [-0.3, -0.25) is 9.59 Å². The van der Waals surface area contributed by atoms with Crippen LogP contribution in [0.3, 0.4) is 0 Å². The van der Waals surface area contributed by atoms with Crippen molar-refractivity contribution in [2.45, 2.75) is 6.92 Å². The van der Waals surface area contributed by atoms with Crippen LogP contribution in [0.5, 0.6) is 0 Å². The van der Waals surface area contributed by atoms with Gasteiger partial charge in [-0.05, 0) is 19.1 Å². The fourth-order valence-corrected chi connectivity index (χ4v) is 1.47. The van der Waals surface area contributed by atoms with Crippen LogP contribution in [0, 0.1) is 11.3 Å². The Hall–Kier alpha value is -1.66. The lowest BCUT2D eigenvalue weighted by atomic mass is 10.0. The summed E-state index contributed by atoms with van der Waals surface area (Å²) in [7, 11) is 0. The van der Waals surface area contributed by atoms with Crippen molar-refractivity contribution < 1.29 is 9.59 Å². The molecule has 0 radical (unpaired) electrons. The zero-order valence-corrected chi connectivity index (χ0v) is 8.13. The maximum Gasteiger partial charge on any atom is 0.162 e. The molecular weight excluding hydrogens is 202 g/mol. The Balaban J connectivity index is 3.61. The molecule has 0 saturated carbocycles. The summed E-state index contributed by atoms with van der Waals surface area (Å²) in [5.74, 6) is -0.325. The molecule has 0 N–H and O–H groups in total. The minimum atomic E-state index is -0.325. The van der Waals surface area contributed by atoms with Gasteiger partial charge >= 0.3 is 0 Å². The molecule has 14 heavy (non-hydrogen) atoms. The van der Waals surface area contributed by atoms with Crippen molar-refractivity contribution in [3.05, 3.63) is 33.8 Å². The number of Topliss-reactive ketones (excluding diaryl/α,β-unsaturated/α-hetero) is 1. The van der Waals surface area contributed by atoms with Crippen LogP contribution in [-0.2, 0) is 0 Å². The van der Waals surface area contributed by atoms with E-state index in [4.69, 9.17) is 16.9 Å². The highest BCUT2D eigenvalue weighted by molar-refractivity contribution is 6.34. The topological polar surface area (TPSA) is 57.9 Å². The zero-order valence-electron chi connectivity index (χ0n) is 7.37. The third-order valence-electron chi connectivity index (χ3n) is 1.79. The number of carbonyl (C=O) groups is 2. The van der Waals surface area contributed by atoms with Gasteiger partial charge in [0.05, 0.1) is 16.7 Å². The first kappa shape index (κ1) is 10.4. The Morgan fingerprint density at radius 1 is 1.57 bits per heavy atom. The van der Waals surface area contributed by atoms with Gasteiger partial charge in [0.1, 0.15) is 0 Å². The molecule has 0 spiro atoms. The molecule has 0 fully saturated rings. The van der Waals surface area contributed by atoms with Crippen molar-refractivity contribution in [3.63, 3.8) is 0 Å². The van der Waals surface area contributed by atoms with E-state index in [1.165, 1.54) is 19.1 Å². The first-order chi connectivity index (χ1) is 6.61. The van der Waals surface area contributed by atoms with Gasteiger partial charge < -0.3 is 0 Å². The predicted molar refractivity (Wildman–Crippen MR) is 51.6 cm³/mol. The summed E-state index contributed by atoms with van der Waals surface area (Å²) in [5, 5.41) is 8.88. The summed E-state index contributed by atoms with van der Waals surface area (Å²) in [6, 6.07) is 4.68. The summed E-state index contributed by atoms with van der Waals surface area (Å²) in [4.78, 5) is 21.9. The standard InChI is InChI=1S/C10H6ClNO2/c1-6(14)10-8(5-13)7(4-12)2-3-9(10)11/h2-3,5H,1H3. The molecule has 0 aromatic heterocycles. The number of rotatable bonds is 2. The molecule has 0 amide bonds. The minimum Gasteiger partial charge on any atom is -0.298 e. The number of nitrogens with zero attached hydrogens (tertiary/aromatic N) is 1. The van der Waals surface area contributed by atoms with E-state index < -0.39 is 0 Å². The van der Waals surface area contributed by atoms with Crippen LogP contribution in [0.25, 0.3) is 0 Å². The fraction of sp³-hybridized carbons (Fsp3) is 0.100. The van der Waals surface area contributed by atoms with E-state index in [0.29, 0.717) is 6.29 Å². The van der Waals surface area contributed by atoms with Crippen LogP contribution in [0.2, 0.25) is 5.02 Å². The van der Waals surface area contributed by atoms with Crippen molar-refractivity contribution in [3.8, 4) is 6.07 Å². The second-order valence-corrected chi connectivity index (χ2v) is 3.08. The van der Waals surface area contributed by atoms with E-state index in [0.717, 1.165) is 0 Å². The molecule has 0 aliphatic rings. The van der Waals surface area contributed by atoms with Gasteiger partial charge in [-0.15, -0.1) is 0 Å². The summed E-state index contributed by atoms with van der Waals surface area (Å²) >= 11 is 5.74. The third kappa shape index (κ3) is 1.66. The van der Waals surface area contributed by atoms with E-state index in [1.807, 2.05) is 6.07 Å². The van der Waals surface area contributed by atoms with Crippen molar-refractivity contribution in [1.82, 2.24) is 0 Å². The molecule has 0 aliphatic heterocycles. The van der Waals surface area contributed by atoms with Gasteiger partial charge in [0.25, 0.3) is 0 Å². The predicted octanol–water partition coefficient (Wildman–Crippen LogP) is 2.23. The van der Waals surface area contributed by atoms with Gasteiger partial charge in [-0.1, -0.05) is 11.6 Å². The summed E-state index contributed by atoms with van der Waals surface area (Å²) in [6.45, 7) is 1.30. The van der Waals surface area contributed by atoms with E-state index in [1.54, 1.807) is 0 Å². The first-order valence-electron chi connectivity index (χ1n) is 3.80.